The normalized spacial score (nSPS) is 10.7. The van der Waals surface area contributed by atoms with Crippen LogP contribution in [0.15, 0.2) is 59.7 Å². The summed E-state index contributed by atoms with van der Waals surface area (Å²) in [5, 5.41) is 10.0. The lowest BCUT2D eigenvalue weighted by Gasteiger charge is -2.06. The van der Waals surface area contributed by atoms with Gasteiger partial charge in [-0.25, -0.2) is 4.98 Å². The fraction of sp³-hybridized carbons (Fsp3) is 0. The molecule has 4 heteroatoms. The summed E-state index contributed by atoms with van der Waals surface area (Å²) in [4.78, 5) is 16.5. The Bertz CT molecular complexity index is 778. The Hall–Kier alpha value is -2.62. The van der Waals surface area contributed by atoms with Crippen molar-refractivity contribution in [1.29, 1.82) is 0 Å². The van der Waals surface area contributed by atoms with Crippen LogP contribution in [0.1, 0.15) is 0 Å². The lowest BCUT2D eigenvalue weighted by Crippen LogP contribution is -2.18. The predicted octanol–water partition coefficient (Wildman–Crippen LogP) is 2.09. The molecule has 3 rings (SSSR count). The molecule has 0 spiro atoms. The number of hydrogen-bond donors (Lipinski definition) is 1. The van der Waals surface area contributed by atoms with Gasteiger partial charge in [-0.1, -0.05) is 18.2 Å². The number of phenolic OH excluding ortho intramolecular Hbond substituents is 1. The van der Waals surface area contributed by atoms with Crippen LogP contribution in [0.3, 0.4) is 0 Å². The number of para-hydroxylation sites is 1. The van der Waals surface area contributed by atoms with Gasteiger partial charge < -0.3 is 5.11 Å². The number of benzene rings is 2. The molecule has 2 aromatic carbocycles. The molecule has 1 N–H and O–H groups in total. The summed E-state index contributed by atoms with van der Waals surface area (Å²) in [6.07, 6.45) is 1.47. The molecular weight excluding hydrogens is 228 g/mol. The van der Waals surface area contributed by atoms with Crippen molar-refractivity contribution in [2.75, 3.05) is 0 Å². The summed E-state index contributed by atoms with van der Waals surface area (Å²) >= 11 is 0. The molecule has 0 amide bonds. The molecule has 0 unspecified atom stereocenters. The van der Waals surface area contributed by atoms with Gasteiger partial charge in [-0.05, 0) is 24.3 Å². The standard InChI is InChI=1S/C14H10N2O2/c17-11-5-3-4-10(8-11)16-9-15-13-7-2-1-6-12(13)14(16)18/h1-9,17H. The van der Waals surface area contributed by atoms with Crippen molar-refractivity contribution < 1.29 is 5.11 Å². The maximum absolute atomic E-state index is 12.3. The van der Waals surface area contributed by atoms with Crippen LogP contribution in [0, 0.1) is 0 Å². The molecule has 3 aromatic rings. The van der Waals surface area contributed by atoms with Gasteiger partial charge in [0.25, 0.3) is 5.56 Å². The second kappa shape index (κ2) is 4.00. The molecule has 0 radical (unpaired) electrons. The third-order valence-corrected chi connectivity index (χ3v) is 2.77. The van der Waals surface area contributed by atoms with Gasteiger partial charge in [0.1, 0.15) is 12.1 Å². The average Bonchev–Trinajstić information content (AvgIpc) is 2.39. The first-order valence-electron chi connectivity index (χ1n) is 5.51. The molecule has 0 atom stereocenters. The molecule has 1 aromatic heterocycles. The van der Waals surface area contributed by atoms with E-state index in [4.69, 9.17) is 0 Å². The molecule has 0 saturated carbocycles. The average molecular weight is 238 g/mol. The highest BCUT2D eigenvalue weighted by atomic mass is 16.3. The largest absolute Gasteiger partial charge is 0.508 e. The van der Waals surface area contributed by atoms with E-state index in [0.717, 1.165) is 0 Å². The van der Waals surface area contributed by atoms with E-state index in [-0.39, 0.29) is 11.3 Å². The monoisotopic (exact) mass is 238 g/mol. The molecule has 4 nitrogen and oxygen atoms in total. The van der Waals surface area contributed by atoms with Gasteiger partial charge in [-0.15, -0.1) is 0 Å². The van der Waals surface area contributed by atoms with E-state index in [2.05, 4.69) is 4.98 Å². The second-order valence-electron chi connectivity index (χ2n) is 3.96. The number of nitrogens with zero attached hydrogens (tertiary/aromatic N) is 2. The lowest BCUT2D eigenvalue weighted by molar-refractivity contribution is 0.475. The van der Waals surface area contributed by atoms with Crippen LogP contribution in [0.25, 0.3) is 16.6 Å². The molecule has 18 heavy (non-hydrogen) atoms. The van der Waals surface area contributed by atoms with E-state index in [1.807, 2.05) is 6.07 Å². The summed E-state index contributed by atoms with van der Waals surface area (Å²) in [6.45, 7) is 0. The van der Waals surface area contributed by atoms with Crippen LogP contribution in [-0.2, 0) is 0 Å². The number of phenols is 1. The van der Waals surface area contributed by atoms with Crippen LogP contribution >= 0.6 is 0 Å². The number of hydrogen-bond acceptors (Lipinski definition) is 3. The molecule has 0 bridgehead atoms. The Morgan fingerprint density at radius 1 is 1.06 bits per heavy atom. The van der Waals surface area contributed by atoms with E-state index >= 15 is 0 Å². The highest BCUT2D eigenvalue weighted by Crippen LogP contribution is 2.14. The number of aromatic nitrogens is 2. The molecule has 0 fully saturated rings. The minimum absolute atomic E-state index is 0.118. The second-order valence-corrected chi connectivity index (χ2v) is 3.96. The minimum atomic E-state index is -0.147. The van der Waals surface area contributed by atoms with Gasteiger partial charge in [0.2, 0.25) is 0 Å². The summed E-state index contributed by atoms with van der Waals surface area (Å²) in [5.74, 6) is 0.118. The Labute approximate surface area is 103 Å². The maximum atomic E-state index is 12.3. The highest BCUT2D eigenvalue weighted by Gasteiger charge is 2.05. The highest BCUT2D eigenvalue weighted by molar-refractivity contribution is 5.77. The van der Waals surface area contributed by atoms with Crippen molar-refractivity contribution in [1.82, 2.24) is 9.55 Å². The summed E-state index contributed by atoms with van der Waals surface area (Å²) in [7, 11) is 0. The molecule has 0 saturated heterocycles. The van der Waals surface area contributed by atoms with Gasteiger partial charge in [0, 0.05) is 6.07 Å². The smallest absolute Gasteiger partial charge is 0.265 e. The van der Waals surface area contributed by atoms with Crippen LogP contribution in [-0.4, -0.2) is 14.7 Å². The van der Waals surface area contributed by atoms with Crippen molar-refractivity contribution >= 4 is 10.9 Å². The lowest BCUT2D eigenvalue weighted by atomic mass is 10.2. The molecule has 1 heterocycles. The Morgan fingerprint density at radius 3 is 2.72 bits per heavy atom. The van der Waals surface area contributed by atoms with Gasteiger partial charge >= 0.3 is 0 Å². The SMILES string of the molecule is O=c1c2ccccc2ncn1-c1cccc(O)c1. The first-order chi connectivity index (χ1) is 8.75. The van der Waals surface area contributed by atoms with Crippen LogP contribution in [0.4, 0.5) is 0 Å². The van der Waals surface area contributed by atoms with E-state index in [1.54, 1.807) is 36.4 Å². The van der Waals surface area contributed by atoms with E-state index in [1.165, 1.54) is 17.0 Å². The third-order valence-electron chi connectivity index (χ3n) is 2.77. The van der Waals surface area contributed by atoms with Crippen molar-refractivity contribution in [3.8, 4) is 11.4 Å². The number of rotatable bonds is 1. The zero-order chi connectivity index (χ0) is 12.5. The van der Waals surface area contributed by atoms with Crippen molar-refractivity contribution in [2.45, 2.75) is 0 Å². The van der Waals surface area contributed by atoms with Gasteiger partial charge in [-0.3, -0.25) is 9.36 Å². The summed E-state index contributed by atoms with van der Waals surface area (Å²) < 4.78 is 1.42. The quantitative estimate of drug-likeness (QED) is 0.706. The van der Waals surface area contributed by atoms with E-state index in [0.29, 0.717) is 16.6 Å². The van der Waals surface area contributed by atoms with Gasteiger partial charge in [0.15, 0.2) is 0 Å². The topological polar surface area (TPSA) is 55.1 Å². The molecular formula is C14H10N2O2. The van der Waals surface area contributed by atoms with Crippen LogP contribution in [0.2, 0.25) is 0 Å². The van der Waals surface area contributed by atoms with Crippen molar-refractivity contribution in [3.05, 3.63) is 65.2 Å². The fourth-order valence-electron chi connectivity index (χ4n) is 1.90. The van der Waals surface area contributed by atoms with Crippen LogP contribution < -0.4 is 5.56 Å². The zero-order valence-electron chi connectivity index (χ0n) is 9.45. The van der Waals surface area contributed by atoms with Crippen molar-refractivity contribution in [3.63, 3.8) is 0 Å². The first kappa shape index (κ1) is 10.5. The minimum Gasteiger partial charge on any atom is -0.508 e. The van der Waals surface area contributed by atoms with Crippen molar-refractivity contribution in [2.24, 2.45) is 0 Å². The van der Waals surface area contributed by atoms with E-state index in [9.17, 15) is 9.90 Å². The molecule has 0 aliphatic heterocycles. The third kappa shape index (κ3) is 1.64. The summed E-state index contributed by atoms with van der Waals surface area (Å²) in [5.41, 5.74) is 1.11. The summed E-state index contributed by atoms with van der Waals surface area (Å²) in [6, 6.07) is 13.7. The number of fused-ring (bicyclic) bond motifs is 1. The van der Waals surface area contributed by atoms with Gasteiger partial charge in [-0.2, -0.15) is 0 Å². The first-order valence-corrected chi connectivity index (χ1v) is 5.51. The zero-order valence-corrected chi connectivity index (χ0v) is 9.45. The Kier molecular flexibility index (Phi) is 2.34. The Balaban J connectivity index is 2.31. The molecule has 88 valence electrons. The maximum Gasteiger partial charge on any atom is 0.265 e. The Morgan fingerprint density at radius 2 is 1.89 bits per heavy atom. The van der Waals surface area contributed by atoms with E-state index < -0.39 is 0 Å². The predicted molar refractivity (Wildman–Crippen MR) is 69.0 cm³/mol. The molecule has 0 aliphatic carbocycles. The molecule has 0 aliphatic rings. The number of aromatic hydroxyl groups is 1. The van der Waals surface area contributed by atoms with Gasteiger partial charge in [0.05, 0.1) is 16.6 Å². The van der Waals surface area contributed by atoms with Crippen LogP contribution in [0.5, 0.6) is 5.75 Å². The fourth-order valence-corrected chi connectivity index (χ4v) is 1.90.